The van der Waals surface area contributed by atoms with Crippen LogP contribution in [0.3, 0.4) is 0 Å². The summed E-state index contributed by atoms with van der Waals surface area (Å²) in [6.07, 6.45) is 7.98. The maximum Gasteiger partial charge on any atom is 0.255 e. The highest BCUT2D eigenvalue weighted by molar-refractivity contribution is 6.21. The van der Waals surface area contributed by atoms with E-state index in [1.165, 1.54) is 24.8 Å². The number of nitrogens with one attached hydrogen (secondary N) is 1. The molecule has 0 radical (unpaired) electrons. The molecule has 0 saturated heterocycles. The van der Waals surface area contributed by atoms with Gasteiger partial charge in [0.15, 0.2) is 0 Å². The Hall–Kier alpha value is -1.77. The van der Waals surface area contributed by atoms with Crippen molar-refractivity contribution in [1.29, 1.82) is 0 Å². The van der Waals surface area contributed by atoms with Gasteiger partial charge in [0, 0.05) is 12.0 Å². The molecule has 0 aromatic heterocycles. The van der Waals surface area contributed by atoms with Crippen LogP contribution in [0, 0.1) is 19.3 Å². The Morgan fingerprint density at radius 2 is 1.71 bits per heavy atom. The zero-order valence-corrected chi connectivity index (χ0v) is 14.7. The van der Waals surface area contributed by atoms with E-state index in [2.05, 4.69) is 31.3 Å². The highest BCUT2D eigenvalue weighted by Gasteiger charge is 2.43. The van der Waals surface area contributed by atoms with Gasteiger partial charge < -0.3 is 10.4 Å². The molecule has 1 aliphatic heterocycles. The van der Waals surface area contributed by atoms with Crippen molar-refractivity contribution in [2.75, 3.05) is 6.54 Å². The lowest BCUT2D eigenvalue weighted by molar-refractivity contribution is -0.117. The Labute approximate surface area is 144 Å². The lowest BCUT2D eigenvalue weighted by atomic mass is 9.69. The van der Waals surface area contributed by atoms with Crippen LogP contribution in [0.2, 0.25) is 0 Å². The Kier molecular flexibility index (Phi) is 3.70. The zero-order valence-electron chi connectivity index (χ0n) is 14.7. The Morgan fingerprint density at radius 3 is 2.29 bits per heavy atom. The predicted octanol–water partition coefficient (Wildman–Crippen LogP) is 4.53. The van der Waals surface area contributed by atoms with Gasteiger partial charge >= 0.3 is 0 Å². The molecular weight excluding hydrogens is 298 g/mol. The van der Waals surface area contributed by atoms with E-state index in [1.54, 1.807) is 0 Å². The van der Waals surface area contributed by atoms with E-state index >= 15 is 0 Å². The first-order valence-corrected chi connectivity index (χ1v) is 9.35. The van der Waals surface area contributed by atoms with Gasteiger partial charge in [-0.1, -0.05) is 31.4 Å². The van der Waals surface area contributed by atoms with Crippen molar-refractivity contribution < 1.29 is 9.90 Å². The Morgan fingerprint density at radius 1 is 1.08 bits per heavy atom. The van der Waals surface area contributed by atoms with Gasteiger partial charge in [-0.25, -0.2) is 0 Å². The summed E-state index contributed by atoms with van der Waals surface area (Å²) in [5.41, 5.74) is 4.84. The summed E-state index contributed by atoms with van der Waals surface area (Å²) in [6.45, 7) is 4.73. The van der Waals surface area contributed by atoms with E-state index in [1.807, 2.05) is 0 Å². The van der Waals surface area contributed by atoms with Crippen LogP contribution in [0.4, 0.5) is 0 Å². The van der Waals surface area contributed by atoms with Gasteiger partial charge in [0.05, 0.1) is 5.57 Å². The number of carbonyl (C=O) groups excluding carboxylic acids is 1. The van der Waals surface area contributed by atoms with E-state index in [4.69, 9.17) is 0 Å². The molecule has 1 amide bonds. The van der Waals surface area contributed by atoms with E-state index in [0.717, 1.165) is 42.4 Å². The molecule has 2 fully saturated rings. The molecular formula is C21H27NO2. The van der Waals surface area contributed by atoms with Gasteiger partial charge in [-0.15, -0.1) is 0 Å². The van der Waals surface area contributed by atoms with Gasteiger partial charge in [-0.2, -0.15) is 0 Å². The fourth-order valence-electron chi connectivity index (χ4n) is 4.71. The average Bonchev–Trinajstić information content (AvgIpc) is 3.40. The summed E-state index contributed by atoms with van der Waals surface area (Å²) in [7, 11) is 0. The molecule has 2 saturated carbocycles. The summed E-state index contributed by atoms with van der Waals surface area (Å²) in [5.74, 6) is 0.925. The summed E-state index contributed by atoms with van der Waals surface area (Å²) in [6, 6.07) is 4.44. The molecule has 3 nitrogen and oxygen atoms in total. The molecule has 128 valence electrons. The van der Waals surface area contributed by atoms with E-state index < -0.39 is 0 Å². The topological polar surface area (TPSA) is 49.3 Å². The lowest BCUT2D eigenvalue weighted by Gasteiger charge is -2.41. The van der Waals surface area contributed by atoms with Crippen molar-refractivity contribution in [2.45, 2.75) is 64.7 Å². The second-order valence-electron chi connectivity index (χ2n) is 8.05. The van der Waals surface area contributed by atoms with Crippen molar-refractivity contribution in [3.63, 3.8) is 0 Å². The van der Waals surface area contributed by atoms with E-state index in [0.29, 0.717) is 23.8 Å². The average molecular weight is 325 g/mol. The molecule has 3 heteroatoms. The number of benzene rings is 1. The van der Waals surface area contributed by atoms with E-state index in [-0.39, 0.29) is 11.3 Å². The molecule has 3 aliphatic rings. The molecule has 0 atom stereocenters. The third kappa shape index (κ3) is 2.45. The first-order chi connectivity index (χ1) is 11.5. The number of hydrogen-bond donors (Lipinski definition) is 2. The smallest absolute Gasteiger partial charge is 0.255 e. The molecule has 1 aromatic carbocycles. The normalized spacial score (nSPS) is 23.5. The lowest BCUT2D eigenvalue weighted by Crippen LogP contribution is -2.46. The largest absolute Gasteiger partial charge is 0.511 e. The highest BCUT2D eigenvalue weighted by atomic mass is 16.3. The summed E-state index contributed by atoms with van der Waals surface area (Å²) >= 11 is 0. The maximum absolute atomic E-state index is 12.6. The predicted molar refractivity (Wildman–Crippen MR) is 96.0 cm³/mol. The standard InChI is InChI=1S/C21H27NO2/c1-13-10-16(15-6-7-15)11-14(2)17(13)18-19(23)21(12-22-20(18)24)8-4-3-5-9-21/h10-11,15,23H,3-9,12H2,1-2H3,(H,22,24). The molecule has 0 unspecified atom stereocenters. The first-order valence-electron chi connectivity index (χ1n) is 9.35. The quantitative estimate of drug-likeness (QED) is 0.839. The Bertz CT molecular complexity index is 698. The number of carbonyl (C=O) groups is 1. The van der Waals surface area contributed by atoms with Crippen LogP contribution >= 0.6 is 0 Å². The van der Waals surface area contributed by atoms with Gasteiger partial charge in [0.25, 0.3) is 5.91 Å². The van der Waals surface area contributed by atoms with Crippen LogP contribution in [-0.4, -0.2) is 17.6 Å². The SMILES string of the molecule is Cc1cc(C2CC2)cc(C)c1C1=C(O)C2(CCCCC2)CNC1=O. The Balaban J connectivity index is 1.84. The molecule has 1 spiro atoms. The van der Waals surface area contributed by atoms with Crippen molar-refractivity contribution in [3.8, 4) is 0 Å². The van der Waals surface area contributed by atoms with Gasteiger partial charge in [-0.3, -0.25) is 4.79 Å². The minimum atomic E-state index is -0.241. The molecule has 1 heterocycles. The molecule has 4 rings (SSSR count). The summed E-state index contributed by atoms with van der Waals surface area (Å²) < 4.78 is 0. The van der Waals surface area contributed by atoms with Crippen LogP contribution < -0.4 is 5.32 Å². The van der Waals surface area contributed by atoms with Crippen LogP contribution in [0.1, 0.15) is 73.1 Å². The van der Waals surface area contributed by atoms with Gasteiger partial charge in [-0.05, 0) is 67.7 Å². The van der Waals surface area contributed by atoms with E-state index in [9.17, 15) is 9.90 Å². The van der Waals surface area contributed by atoms with Crippen molar-refractivity contribution in [2.24, 2.45) is 5.41 Å². The maximum atomic E-state index is 12.6. The van der Waals surface area contributed by atoms with Crippen LogP contribution in [0.15, 0.2) is 17.9 Å². The fourth-order valence-corrected chi connectivity index (χ4v) is 4.71. The monoisotopic (exact) mass is 325 g/mol. The van der Waals surface area contributed by atoms with Crippen molar-refractivity contribution in [1.82, 2.24) is 5.32 Å². The number of amides is 1. The third-order valence-corrected chi connectivity index (χ3v) is 6.22. The molecule has 2 aliphatic carbocycles. The minimum Gasteiger partial charge on any atom is -0.511 e. The number of hydrogen-bond acceptors (Lipinski definition) is 2. The third-order valence-electron chi connectivity index (χ3n) is 6.22. The number of aliphatic hydroxyl groups excluding tert-OH is 1. The summed E-state index contributed by atoms with van der Waals surface area (Å²) in [5, 5.41) is 14.2. The fraction of sp³-hybridized carbons (Fsp3) is 0.571. The van der Waals surface area contributed by atoms with Crippen molar-refractivity contribution >= 4 is 11.5 Å². The van der Waals surface area contributed by atoms with Gasteiger partial charge in [0.2, 0.25) is 0 Å². The molecule has 2 N–H and O–H groups in total. The van der Waals surface area contributed by atoms with Crippen LogP contribution in [-0.2, 0) is 4.79 Å². The van der Waals surface area contributed by atoms with Crippen molar-refractivity contribution in [3.05, 3.63) is 40.1 Å². The molecule has 0 bridgehead atoms. The second-order valence-corrected chi connectivity index (χ2v) is 8.05. The van der Waals surface area contributed by atoms with Crippen LogP contribution in [0.5, 0.6) is 0 Å². The zero-order chi connectivity index (χ0) is 16.9. The first kappa shape index (κ1) is 15.7. The molecule has 24 heavy (non-hydrogen) atoms. The van der Waals surface area contributed by atoms with Crippen LogP contribution in [0.25, 0.3) is 5.57 Å². The number of rotatable bonds is 2. The number of aryl methyl sites for hydroxylation is 2. The molecule has 1 aromatic rings. The minimum absolute atomic E-state index is 0.117. The highest BCUT2D eigenvalue weighted by Crippen LogP contribution is 2.47. The van der Waals surface area contributed by atoms with Gasteiger partial charge in [0.1, 0.15) is 5.76 Å². The number of aliphatic hydroxyl groups is 1. The second kappa shape index (κ2) is 5.65. The summed E-state index contributed by atoms with van der Waals surface area (Å²) in [4.78, 5) is 12.6.